The van der Waals surface area contributed by atoms with Crippen LogP contribution in [0.5, 0.6) is 5.75 Å². The van der Waals surface area contributed by atoms with Gasteiger partial charge in [0, 0.05) is 49.5 Å². The van der Waals surface area contributed by atoms with Crippen molar-refractivity contribution in [2.75, 3.05) is 70.2 Å². The van der Waals surface area contributed by atoms with E-state index in [0.717, 1.165) is 76.8 Å². The molecule has 0 bridgehead atoms. The number of nitrogens with zero attached hydrogens (tertiary/aromatic N) is 8. The zero-order chi connectivity index (χ0) is 36.3. The molecule has 1 aliphatic rings. The number of aromatic nitrogens is 8. The second-order valence-electron chi connectivity index (χ2n) is 12.9. The number of amides is 1. The highest BCUT2D eigenvalue weighted by Crippen LogP contribution is 2.29. The number of imidazole rings is 3. The minimum atomic E-state index is -0.201. The van der Waals surface area contributed by atoms with E-state index >= 15 is 0 Å². The SMILES string of the molecule is C=Cc1nc(N)nc2c1ncn2CC(=O)NCCOCCOc1ccc(-c2nc3ccc(-c4nc5ccc(N6CCN(C)CC6)cc5[nH]4)cc3[nH]2)cc1. The smallest absolute Gasteiger partial charge is 0.240 e. The molecule has 53 heavy (non-hydrogen) atoms. The van der Waals surface area contributed by atoms with Crippen LogP contribution in [0.2, 0.25) is 0 Å². The maximum atomic E-state index is 12.5. The number of piperazine rings is 1. The van der Waals surface area contributed by atoms with Gasteiger partial charge in [0.15, 0.2) is 5.65 Å². The molecule has 5 N–H and O–H groups in total. The molecule has 0 unspecified atom stereocenters. The van der Waals surface area contributed by atoms with Crippen LogP contribution in [-0.2, 0) is 16.1 Å². The first kappa shape index (κ1) is 33.8. The molecule has 4 aromatic heterocycles. The summed E-state index contributed by atoms with van der Waals surface area (Å²) in [4.78, 5) is 46.5. The van der Waals surface area contributed by atoms with E-state index in [1.807, 2.05) is 36.4 Å². The topological polar surface area (TPSA) is 181 Å². The van der Waals surface area contributed by atoms with Gasteiger partial charge in [0.05, 0.1) is 47.3 Å². The summed E-state index contributed by atoms with van der Waals surface area (Å²) < 4.78 is 13.1. The van der Waals surface area contributed by atoms with Crippen molar-refractivity contribution in [2.45, 2.75) is 6.54 Å². The van der Waals surface area contributed by atoms with Crippen LogP contribution in [0.15, 0.2) is 73.6 Å². The molecule has 0 saturated carbocycles. The number of carbonyl (C=O) groups is 1. The zero-order valence-corrected chi connectivity index (χ0v) is 29.4. The average Bonchev–Trinajstić information content (AvgIpc) is 3.91. The van der Waals surface area contributed by atoms with Crippen molar-refractivity contribution in [2.24, 2.45) is 0 Å². The maximum absolute atomic E-state index is 12.5. The van der Waals surface area contributed by atoms with Crippen molar-refractivity contribution in [3.8, 4) is 28.5 Å². The second kappa shape index (κ2) is 14.7. The number of hydrogen-bond acceptors (Lipinski definition) is 11. The fourth-order valence-corrected chi connectivity index (χ4v) is 6.43. The minimum Gasteiger partial charge on any atom is -0.491 e. The van der Waals surface area contributed by atoms with E-state index in [4.69, 9.17) is 25.2 Å². The fraction of sp³-hybridized carbons (Fsp3) is 0.263. The van der Waals surface area contributed by atoms with E-state index < -0.39 is 0 Å². The number of nitrogens with one attached hydrogen (secondary N) is 3. The third-order valence-corrected chi connectivity index (χ3v) is 9.30. The molecule has 1 fully saturated rings. The number of hydrogen-bond donors (Lipinski definition) is 4. The normalized spacial score (nSPS) is 13.6. The Morgan fingerprint density at radius 2 is 1.60 bits per heavy atom. The van der Waals surface area contributed by atoms with Gasteiger partial charge >= 0.3 is 0 Å². The number of anilines is 2. The number of nitrogens with two attached hydrogens (primary N) is 1. The first-order chi connectivity index (χ1) is 25.9. The molecule has 1 amide bonds. The van der Waals surface area contributed by atoms with Gasteiger partial charge in [0.25, 0.3) is 0 Å². The van der Waals surface area contributed by atoms with Crippen molar-refractivity contribution < 1.29 is 14.3 Å². The Kier molecular flexibility index (Phi) is 9.40. The number of fused-ring (bicyclic) bond motifs is 3. The van der Waals surface area contributed by atoms with Crippen molar-refractivity contribution in [1.29, 1.82) is 0 Å². The van der Waals surface area contributed by atoms with Crippen LogP contribution in [0.3, 0.4) is 0 Å². The van der Waals surface area contributed by atoms with Crippen LogP contribution in [-0.4, -0.2) is 110 Å². The van der Waals surface area contributed by atoms with Gasteiger partial charge in [-0.1, -0.05) is 6.58 Å². The van der Waals surface area contributed by atoms with E-state index in [1.165, 1.54) is 12.0 Å². The Morgan fingerprint density at radius 1 is 0.887 bits per heavy atom. The summed E-state index contributed by atoms with van der Waals surface area (Å²) in [6.07, 6.45) is 3.09. The molecule has 0 aliphatic carbocycles. The number of nitrogen functional groups attached to an aromatic ring is 1. The summed E-state index contributed by atoms with van der Waals surface area (Å²) in [6, 6.07) is 20.4. The predicted octanol–water partition coefficient (Wildman–Crippen LogP) is 4.10. The van der Waals surface area contributed by atoms with Gasteiger partial charge in [0.2, 0.25) is 11.9 Å². The molecule has 15 nitrogen and oxygen atoms in total. The Morgan fingerprint density at radius 3 is 2.38 bits per heavy atom. The number of rotatable bonds is 13. The van der Waals surface area contributed by atoms with Crippen LogP contribution in [0.4, 0.5) is 11.6 Å². The number of aromatic amines is 2. The minimum absolute atomic E-state index is 0.0403. The van der Waals surface area contributed by atoms with Gasteiger partial charge in [0.1, 0.15) is 36.1 Å². The van der Waals surface area contributed by atoms with Gasteiger partial charge < -0.3 is 44.9 Å². The molecule has 7 aromatic rings. The first-order valence-corrected chi connectivity index (χ1v) is 17.5. The van der Waals surface area contributed by atoms with E-state index in [9.17, 15) is 4.79 Å². The summed E-state index contributed by atoms with van der Waals surface area (Å²) in [6.45, 7) is 9.38. The molecule has 0 atom stereocenters. The average molecular weight is 713 g/mol. The van der Waals surface area contributed by atoms with Crippen LogP contribution in [0.1, 0.15) is 5.69 Å². The van der Waals surface area contributed by atoms with Crippen molar-refractivity contribution >= 4 is 56.8 Å². The number of likely N-dealkylation sites (N-methyl/N-ethyl adjacent to an activating group) is 1. The zero-order valence-electron chi connectivity index (χ0n) is 29.4. The third kappa shape index (κ3) is 7.38. The molecule has 5 heterocycles. The lowest BCUT2D eigenvalue weighted by molar-refractivity contribution is -0.121. The predicted molar refractivity (Wildman–Crippen MR) is 205 cm³/mol. The highest BCUT2D eigenvalue weighted by Gasteiger charge is 2.17. The molecule has 270 valence electrons. The highest BCUT2D eigenvalue weighted by atomic mass is 16.5. The lowest BCUT2D eigenvalue weighted by atomic mass is 10.2. The molecule has 0 spiro atoms. The largest absolute Gasteiger partial charge is 0.491 e. The first-order valence-electron chi connectivity index (χ1n) is 17.5. The summed E-state index contributed by atoms with van der Waals surface area (Å²) in [5.41, 5.74) is 14.3. The van der Waals surface area contributed by atoms with Gasteiger partial charge in [-0.15, -0.1) is 0 Å². The third-order valence-electron chi connectivity index (χ3n) is 9.30. The van der Waals surface area contributed by atoms with E-state index in [2.05, 4.69) is 77.9 Å². The van der Waals surface area contributed by atoms with Crippen molar-refractivity contribution in [3.63, 3.8) is 0 Å². The summed E-state index contributed by atoms with van der Waals surface area (Å²) in [7, 11) is 2.17. The van der Waals surface area contributed by atoms with E-state index in [-0.39, 0.29) is 18.4 Å². The fourth-order valence-electron chi connectivity index (χ4n) is 6.43. The maximum Gasteiger partial charge on any atom is 0.240 e. The number of H-pyrrole nitrogens is 2. The van der Waals surface area contributed by atoms with Crippen LogP contribution in [0.25, 0.3) is 62.1 Å². The van der Waals surface area contributed by atoms with Crippen molar-refractivity contribution in [3.05, 3.63) is 79.3 Å². The molecule has 3 aromatic carbocycles. The Labute approximate surface area is 304 Å². The second-order valence-corrected chi connectivity index (χ2v) is 12.9. The Hall–Kier alpha value is -6.32. The summed E-state index contributed by atoms with van der Waals surface area (Å²) >= 11 is 0. The highest BCUT2D eigenvalue weighted by molar-refractivity contribution is 5.87. The lowest BCUT2D eigenvalue weighted by Crippen LogP contribution is -2.44. The molecular formula is C38H40N12O3. The summed E-state index contributed by atoms with van der Waals surface area (Å²) in [5.74, 6) is 2.22. The molecule has 1 saturated heterocycles. The summed E-state index contributed by atoms with van der Waals surface area (Å²) in [5, 5.41) is 2.83. The molecule has 15 heteroatoms. The van der Waals surface area contributed by atoms with Crippen LogP contribution >= 0.6 is 0 Å². The Balaban J connectivity index is 0.801. The van der Waals surface area contributed by atoms with Crippen molar-refractivity contribution in [1.82, 2.24) is 49.7 Å². The quantitative estimate of drug-likeness (QED) is 0.126. The molecule has 1 aliphatic heterocycles. The number of carbonyl (C=O) groups excluding carboxylic acids is 1. The van der Waals surface area contributed by atoms with Gasteiger partial charge in [-0.2, -0.15) is 4.98 Å². The number of benzene rings is 3. The van der Waals surface area contributed by atoms with Crippen LogP contribution < -0.4 is 20.7 Å². The standard InChI is InChI=1S/C38H40N12O3/c1-3-28-34-37(47-38(39)46-28)50(23-41-34)22-33(51)40-12-17-52-18-19-53-27-8-4-24(5-9-27)35-42-29-10-6-25(20-31(29)44-35)36-43-30-11-7-26(21-32(30)45-36)49-15-13-48(2)14-16-49/h3-11,20-21,23H,1,12-19,22H2,2H3,(H,40,51)(H,42,44)(H,43,45)(H2,39,46,47). The van der Waals surface area contributed by atoms with Gasteiger partial charge in [-0.25, -0.2) is 19.9 Å². The van der Waals surface area contributed by atoms with Crippen LogP contribution in [0, 0.1) is 0 Å². The van der Waals surface area contributed by atoms with E-state index in [1.54, 1.807) is 10.6 Å². The molecular weight excluding hydrogens is 672 g/mol. The number of ether oxygens (including phenoxy) is 2. The van der Waals surface area contributed by atoms with Gasteiger partial charge in [-0.05, 0) is 73.8 Å². The Bertz CT molecular complexity index is 2410. The van der Waals surface area contributed by atoms with E-state index in [0.29, 0.717) is 43.2 Å². The molecule has 8 rings (SSSR count). The lowest BCUT2D eigenvalue weighted by Gasteiger charge is -2.34. The molecule has 0 radical (unpaired) electrons. The monoisotopic (exact) mass is 712 g/mol. The van der Waals surface area contributed by atoms with Gasteiger partial charge in [-0.3, -0.25) is 4.79 Å².